The summed E-state index contributed by atoms with van der Waals surface area (Å²) in [5, 5.41) is 4.20. The van der Waals surface area contributed by atoms with Crippen LogP contribution >= 0.6 is 22.9 Å². The summed E-state index contributed by atoms with van der Waals surface area (Å²) in [6.45, 7) is 2.10. The second kappa shape index (κ2) is 7.42. The van der Waals surface area contributed by atoms with Crippen LogP contribution in [-0.2, 0) is 6.61 Å². The number of hydrogen-bond donors (Lipinski definition) is 1. The lowest BCUT2D eigenvalue weighted by atomic mass is 10.3. The highest BCUT2D eigenvalue weighted by atomic mass is 35.5. The number of benzene rings is 1. The Morgan fingerprint density at radius 2 is 2.08 bits per heavy atom. The largest absolute Gasteiger partial charge is 0.486 e. The molecule has 0 saturated heterocycles. The van der Waals surface area contributed by atoms with Gasteiger partial charge < -0.3 is 10.1 Å². The van der Waals surface area contributed by atoms with Crippen LogP contribution in [-0.4, -0.2) is 15.9 Å². The van der Waals surface area contributed by atoms with Crippen LogP contribution in [0.3, 0.4) is 0 Å². The second-order valence-electron chi connectivity index (χ2n) is 4.96. The molecular formula is C17H14ClN3O2S. The first-order valence-electron chi connectivity index (χ1n) is 7.18. The Morgan fingerprint density at radius 1 is 1.29 bits per heavy atom. The average molecular weight is 360 g/mol. The van der Waals surface area contributed by atoms with Crippen molar-refractivity contribution in [2.24, 2.45) is 0 Å². The summed E-state index contributed by atoms with van der Waals surface area (Å²) in [6, 6.07) is 10.7. The number of halogens is 1. The van der Waals surface area contributed by atoms with Gasteiger partial charge in [-0.15, -0.1) is 11.3 Å². The first kappa shape index (κ1) is 16.4. The third kappa shape index (κ3) is 4.10. The molecule has 2 aromatic heterocycles. The summed E-state index contributed by atoms with van der Waals surface area (Å²) in [4.78, 5) is 21.3. The minimum absolute atomic E-state index is 0.198. The summed E-state index contributed by atoms with van der Waals surface area (Å²) in [7, 11) is 0. The molecule has 0 fully saturated rings. The van der Waals surface area contributed by atoms with Crippen molar-refractivity contribution in [2.75, 3.05) is 5.32 Å². The summed E-state index contributed by atoms with van der Waals surface area (Å²) in [5.41, 5.74) is 1.32. The maximum atomic E-state index is 12.3. The van der Waals surface area contributed by atoms with E-state index in [0.717, 1.165) is 5.01 Å². The lowest BCUT2D eigenvalue weighted by Crippen LogP contribution is -2.11. The van der Waals surface area contributed by atoms with Crippen LogP contribution in [0.25, 0.3) is 0 Å². The molecule has 0 saturated carbocycles. The van der Waals surface area contributed by atoms with Crippen LogP contribution in [0.1, 0.15) is 20.4 Å². The van der Waals surface area contributed by atoms with Crippen LogP contribution in [0.5, 0.6) is 5.75 Å². The van der Waals surface area contributed by atoms with Gasteiger partial charge in [-0.05, 0) is 43.3 Å². The molecule has 1 aromatic carbocycles. The van der Waals surface area contributed by atoms with Crippen molar-refractivity contribution in [2.45, 2.75) is 13.5 Å². The quantitative estimate of drug-likeness (QED) is 0.736. The van der Waals surface area contributed by atoms with Crippen LogP contribution < -0.4 is 10.1 Å². The number of carbonyl (C=O) groups excluding carboxylic acids is 1. The van der Waals surface area contributed by atoms with Crippen LogP contribution in [0.2, 0.25) is 5.02 Å². The molecule has 1 N–H and O–H groups in total. The maximum Gasteiger partial charge on any atom is 0.267 e. The molecule has 1 amide bonds. The number of nitrogens with zero attached hydrogens (tertiary/aromatic N) is 2. The predicted octanol–water partition coefficient (Wildman–Crippen LogP) is 4.33. The zero-order valence-electron chi connectivity index (χ0n) is 12.8. The van der Waals surface area contributed by atoms with Gasteiger partial charge in [-0.3, -0.25) is 9.78 Å². The lowest BCUT2D eigenvalue weighted by Gasteiger charge is -2.03. The Balaban J connectivity index is 1.66. The second-order valence-corrected chi connectivity index (χ2v) is 6.48. The molecule has 0 atom stereocenters. The molecule has 7 heteroatoms. The van der Waals surface area contributed by atoms with Crippen LogP contribution in [0.15, 0.2) is 48.8 Å². The Bertz CT molecular complexity index is 835. The first-order chi connectivity index (χ1) is 11.6. The molecule has 3 aromatic rings. The zero-order valence-corrected chi connectivity index (χ0v) is 14.4. The Morgan fingerprint density at radius 3 is 2.79 bits per heavy atom. The molecule has 0 aliphatic rings. The van der Waals surface area contributed by atoms with E-state index in [2.05, 4.69) is 15.3 Å². The number of pyridine rings is 1. The number of nitrogens with one attached hydrogen (secondary N) is 1. The van der Waals surface area contributed by atoms with Gasteiger partial charge in [-0.2, -0.15) is 0 Å². The topological polar surface area (TPSA) is 64.1 Å². The maximum absolute atomic E-state index is 12.3. The molecule has 3 rings (SSSR count). The van der Waals surface area contributed by atoms with Gasteiger partial charge in [0.05, 0.1) is 17.6 Å². The summed E-state index contributed by atoms with van der Waals surface area (Å²) >= 11 is 7.15. The van der Waals surface area contributed by atoms with E-state index in [1.165, 1.54) is 11.3 Å². The van der Waals surface area contributed by atoms with E-state index in [9.17, 15) is 4.79 Å². The Hall–Kier alpha value is -2.44. The third-order valence-electron chi connectivity index (χ3n) is 3.14. The predicted molar refractivity (Wildman–Crippen MR) is 94.8 cm³/mol. The molecule has 0 bridgehead atoms. The SMILES string of the molecule is Cc1nc(COc2ccc(Cl)cc2)sc1C(=O)Nc1cccnc1. The fraction of sp³-hybridized carbons (Fsp3) is 0.118. The van der Waals surface area contributed by atoms with E-state index < -0.39 is 0 Å². The minimum Gasteiger partial charge on any atom is -0.486 e. The molecule has 24 heavy (non-hydrogen) atoms. The number of amides is 1. The van der Waals surface area contributed by atoms with Crippen LogP contribution in [0, 0.1) is 6.92 Å². The van der Waals surface area contributed by atoms with Gasteiger partial charge >= 0.3 is 0 Å². The molecule has 122 valence electrons. The average Bonchev–Trinajstić information content (AvgIpc) is 2.96. The molecule has 0 unspecified atom stereocenters. The number of aromatic nitrogens is 2. The van der Waals surface area contributed by atoms with Crippen molar-refractivity contribution in [1.29, 1.82) is 0 Å². The number of rotatable bonds is 5. The summed E-state index contributed by atoms with van der Waals surface area (Å²) < 4.78 is 5.66. The molecule has 0 spiro atoms. The molecule has 0 aliphatic heterocycles. The monoisotopic (exact) mass is 359 g/mol. The fourth-order valence-electron chi connectivity index (χ4n) is 2.03. The van der Waals surface area contributed by atoms with Crippen molar-refractivity contribution in [3.05, 3.63) is 69.4 Å². The smallest absolute Gasteiger partial charge is 0.267 e. The van der Waals surface area contributed by atoms with E-state index in [1.54, 1.807) is 55.7 Å². The van der Waals surface area contributed by atoms with Crippen LogP contribution in [0.4, 0.5) is 5.69 Å². The Kier molecular flexibility index (Phi) is 5.08. The number of hydrogen-bond acceptors (Lipinski definition) is 5. The van der Waals surface area contributed by atoms with Gasteiger partial charge in [-0.25, -0.2) is 4.98 Å². The molecule has 0 radical (unpaired) electrons. The summed E-state index contributed by atoms with van der Waals surface area (Å²) in [6.07, 6.45) is 3.25. The van der Waals surface area contributed by atoms with Gasteiger partial charge in [0.1, 0.15) is 22.2 Å². The van der Waals surface area contributed by atoms with Crippen molar-refractivity contribution in [1.82, 2.24) is 9.97 Å². The van der Waals surface area contributed by atoms with Crippen molar-refractivity contribution in [3.63, 3.8) is 0 Å². The van der Waals surface area contributed by atoms with Gasteiger partial charge in [0, 0.05) is 11.2 Å². The summed E-state index contributed by atoms with van der Waals surface area (Å²) in [5.74, 6) is 0.504. The lowest BCUT2D eigenvalue weighted by molar-refractivity contribution is 0.103. The fourth-order valence-corrected chi connectivity index (χ4v) is 3.02. The van der Waals surface area contributed by atoms with Gasteiger partial charge in [0.15, 0.2) is 0 Å². The van der Waals surface area contributed by atoms with E-state index >= 15 is 0 Å². The standard InChI is InChI=1S/C17H14ClN3O2S/c1-11-16(17(22)21-13-3-2-8-19-9-13)24-15(20-11)10-23-14-6-4-12(18)5-7-14/h2-9H,10H2,1H3,(H,21,22). The molecular weight excluding hydrogens is 346 g/mol. The van der Waals surface area contributed by atoms with E-state index in [4.69, 9.17) is 16.3 Å². The highest BCUT2D eigenvalue weighted by Crippen LogP contribution is 2.22. The van der Waals surface area contributed by atoms with Crippen molar-refractivity contribution < 1.29 is 9.53 Å². The molecule has 5 nitrogen and oxygen atoms in total. The third-order valence-corrected chi connectivity index (χ3v) is 4.52. The number of anilines is 1. The number of aryl methyl sites for hydroxylation is 1. The molecule has 0 aliphatic carbocycles. The number of ether oxygens (including phenoxy) is 1. The number of thiazole rings is 1. The minimum atomic E-state index is -0.198. The van der Waals surface area contributed by atoms with E-state index in [-0.39, 0.29) is 5.91 Å². The Labute approximate surface area is 148 Å². The van der Waals surface area contributed by atoms with E-state index in [0.29, 0.717) is 33.6 Å². The highest BCUT2D eigenvalue weighted by Gasteiger charge is 2.16. The highest BCUT2D eigenvalue weighted by molar-refractivity contribution is 7.13. The van der Waals surface area contributed by atoms with Crippen molar-refractivity contribution >= 4 is 34.5 Å². The van der Waals surface area contributed by atoms with Gasteiger partial charge in [0.2, 0.25) is 0 Å². The van der Waals surface area contributed by atoms with E-state index in [1.807, 2.05) is 0 Å². The number of carbonyl (C=O) groups is 1. The normalized spacial score (nSPS) is 10.4. The van der Waals surface area contributed by atoms with Gasteiger partial charge in [0.25, 0.3) is 5.91 Å². The van der Waals surface area contributed by atoms with Gasteiger partial charge in [-0.1, -0.05) is 11.6 Å². The zero-order chi connectivity index (χ0) is 16.9. The van der Waals surface area contributed by atoms with Crippen molar-refractivity contribution in [3.8, 4) is 5.75 Å². The molecule has 2 heterocycles. The first-order valence-corrected chi connectivity index (χ1v) is 8.37.